The Bertz CT molecular complexity index is 763. The van der Waals surface area contributed by atoms with Crippen LogP contribution in [0.15, 0.2) is 4.40 Å². The standard InChI is InChI=1S/C8H2N6O3S/c9-2-1-8-13-6(3-10)7(4-11)14(8)18(16,17)12-5-15/h1H2. The van der Waals surface area contributed by atoms with E-state index in [1.807, 2.05) is 0 Å². The zero-order valence-electron chi connectivity index (χ0n) is 8.52. The molecule has 0 amide bonds. The first kappa shape index (κ1) is 13.1. The molecular weight excluding hydrogens is 260 g/mol. The first-order valence-electron chi connectivity index (χ1n) is 4.15. The van der Waals surface area contributed by atoms with Crippen LogP contribution >= 0.6 is 0 Å². The van der Waals surface area contributed by atoms with Crippen LogP contribution < -0.4 is 0 Å². The Morgan fingerprint density at radius 1 is 1.28 bits per heavy atom. The molecule has 0 spiro atoms. The molecule has 0 aliphatic heterocycles. The van der Waals surface area contributed by atoms with Gasteiger partial charge >= 0.3 is 10.2 Å². The van der Waals surface area contributed by atoms with Gasteiger partial charge in [-0.2, -0.15) is 28.2 Å². The van der Waals surface area contributed by atoms with Crippen LogP contribution in [0.5, 0.6) is 0 Å². The number of nitrogens with zero attached hydrogens (tertiary/aromatic N) is 6. The fraction of sp³-hybridized carbons (Fsp3) is 0.125. The number of nitriles is 3. The lowest BCUT2D eigenvalue weighted by atomic mass is 10.4. The highest BCUT2D eigenvalue weighted by molar-refractivity contribution is 7.88. The Morgan fingerprint density at radius 3 is 2.39 bits per heavy atom. The van der Waals surface area contributed by atoms with Crippen molar-refractivity contribution < 1.29 is 13.2 Å². The lowest BCUT2D eigenvalue weighted by Crippen LogP contribution is -2.15. The number of rotatable bonds is 3. The van der Waals surface area contributed by atoms with E-state index < -0.39 is 28.0 Å². The van der Waals surface area contributed by atoms with Crippen molar-refractivity contribution in [2.75, 3.05) is 0 Å². The molecule has 1 aromatic heterocycles. The van der Waals surface area contributed by atoms with Gasteiger partial charge in [-0.05, 0) is 0 Å². The SMILES string of the molecule is N#CCc1nc(C#N)c(C#N)n1S(=O)(=O)N=C=O. The smallest absolute Gasteiger partial charge is 0.219 e. The van der Waals surface area contributed by atoms with Gasteiger partial charge in [-0.3, -0.25) is 0 Å². The zero-order chi connectivity index (χ0) is 13.8. The van der Waals surface area contributed by atoms with Crippen LogP contribution in [-0.4, -0.2) is 23.5 Å². The molecule has 0 aromatic carbocycles. The average Bonchev–Trinajstić information content (AvgIpc) is 2.68. The number of hydrogen-bond acceptors (Lipinski definition) is 7. The third kappa shape index (κ3) is 2.08. The van der Waals surface area contributed by atoms with Crippen LogP contribution in [0, 0.1) is 34.0 Å². The van der Waals surface area contributed by atoms with Gasteiger partial charge in [0.05, 0.1) is 12.5 Å². The average molecular weight is 262 g/mol. The minimum atomic E-state index is -4.56. The molecule has 0 fully saturated rings. The predicted octanol–water partition coefficient (Wildman–Crippen LogP) is -0.879. The molecule has 0 N–H and O–H groups in total. The van der Waals surface area contributed by atoms with Gasteiger partial charge in [0, 0.05) is 0 Å². The monoisotopic (exact) mass is 262 g/mol. The van der Waals surface area contributed by atoms with Gasteiger partial charge in [-0.1, -0.05) is 4.40 Å². The van der Waals surface area contributed by atoms with Crippen molar-refractivity contribution in [3.63, 3.8) is 0 Å². The number of isocyanates is 1. The van der Waals surface area contributed by atoms with Crippen LogP contribution in [-0.2, 0) is 21.4 Å². The summed E-state index contributed by atoms with van der Waals surface area (Å²) in [7, 11) is -4.56. The summed E-state index contributed by atoms with van der Waals surface area (Å²) in [4.78, 5) is 13.5. The van der Waals surface area contributed by atoms with Crippen LogP contribution in [0.1, 0.15) is 17.2 Å². The van der Waals surface area contributed by atoms with E-state index in [0.717, 1.165) is 6.08 Å². The fourth-order valence-electron chi connectivity index (χ4n) is 1.15. The summed E-state index contributed by atoms with van der Waals surface area (Å²) in [5.41, 5.74) is -1.07. The highest BCUT2D eigenvalue weighted by Gasteiger charge is 2.25. The van der Waals surface area contributed by atoms with Gasteiger partial charge in [0.1, 0.15) is 18.0 Å². The Kier molecular flexibility index (Phi) is 3.56. The highest BCUT2D eigenvalue weighted by Crippen LogP contribution is 2.15. The van der Waals surface area contributed by atoms with Gasteiger partial charge in [-0.15, -0.1) is 0 Å². The van der Waals surface area contributed by atoms with E-state index in [9.17, 15) is 13.2 Å². The molecule has 1 rings (SSSR count). The van der Waals surface area contributed by atoms with E-state index in [1.165, 1.54) is 12.1 Å². The summed E-state index contributed by atoms with van der Waals surface area (Å²) in [5.74, 6) is -0.371. The Hall–Kier alpha value is -2.99. The van der Waals surface area contributed by atoms with Gasteiger partial charge in [0.15, 0.2) is 11.4 Å². The van der Waals surface area contributed by atoms with Crippen LogP contribution in [0.25, 0.3) is 0 Å². The van der Waals surface area contributed by atoms with E-state index in [0.29, 0.717) is 0 Å². The van der Waals surface area contributed by atoms with Crippen LogP contribution in [0.2, 0.25) is 0 Å². The van der Waals surface area contributed by atoms with Crippen molar-refractivity contribution in [2.24, 2.45) is 4.40 Å². The summed E-state index contributed by atoms with van der Waals surface area (Å²) in [6.07, 6.45) is 0.349. The van der Waals surface area contributed by atoms with Crippen molar-refractivity contribution in [1.82, 2.24) is 8.96 Å². The van der Waals surface area contributed by atoms with Crippen molar-refractivity contribution in [1.29, 1.82) is 15.8 Å². The van der Waals surface area contributed by atoms with Gasteiger partial charge < -0.3 is 0 Å². The minimum absolute atomic E-state index is 0.277. The molecule has 0 unspecified atom stereocenters. The van der Waals surface area contributed by atoms with E-state index in [1.54, 1.807) is 6.07 Å². The molecule has 10 heteroatoms. The molecule has 1 heterocycles. The lowest BCUT2D eigenvalue weighted by molar-refractivity contribution is 0.562. The molecule has 88 valence electrons. The summed E-state index contributed by atoms with van der Waals surface area (Å²) >= 11 is 0. The first-order valence-corrected chi connectivity index (χ1v) is 5.55. The minimum Gasteiger partial charge on any atom is -0.219 e. The quantitative estimate of drug-likeness (QED) is 0.506. The summed E-state index contributed by atoms with van der Waals surface area (Å²) < 4.78 is 25.9. The normalized spacial score (nSPS) is 9.61. The van der Waals surface area contributed by atoms with Crippen molar-refractivity contribution in [3.8, 4) is 18.2 Å². The van der Waals surface area contributed by atoms with Crippen molar-refractivity contribution in [3.05, 3.63) is 17.2 Å². The third-order valence-corrected chi connectivity index (χ3v) is 2.90. The molecule has 0 saturated carbocycles. The maximum atomic E-state index is 11.6. The molecule has 0 aliphatic rings. The second kappa shape index (κ2) is 4.89. The predicted molar refractivity (Wildman–Crippen MR) is 53.4 cm³/mol. The number of aromatic nitrogens is 2. The number of carbonyl (C=O) groups excluding carboxylic acids is 1. The molecular formula is C8H2N6O3S. The Morgan fingerprint density at radius 2 is 1.94 bits per heavy atom. The van der Waals surface area contributed by atoms with E-state index in [2.05, 4.69) is 9.38 Å². The Balaban J connectivity index is 3.77. The number of hydrogen-bond donors (Lipinski definition) is 0. The van der Waals surface area contributed by atoms with Crippen LogP contribution in [0.4, 0.5) is 0 Å². The van der Waals surface area contributed by atoms with Gasteiger partial charge in [-0.25, -0.2) is 9.78 Å². The Labute approximate surface area is 101 Å². The second-order valence-electron chi connectivity index (χ2n) is 2.71. The largest absolute Gasteiger partial charge is 0.361 e. The second-order valence-corrected chi connectivity index (χ2v) is 4.15. The maximum Gasteiger partial charge on any atom is 0.361 e. The topological polar surface area (TPSA) is 153 Å². The summed E-state index contributed by atoms with van der Waals surface area (Å²) in [5, 5.41) is 26.0. The molecule has 0 bridgehead atoms. The molecule has 0 aliphatic carbocycles. The van der Waals surface area contributed by atoms with Crippen LogP contribution in [0.3, 0.4) is 0 Å². The molecule has 9 nitrogen and oxygen atoms in total. The van der Waals surface area contributed by atoms with E-state index in [4.69, 9.17) is 15.8 Å². The van der Waals surface area contributed by atoms with Gasteiger partial charge in [0.2, 0.25) is 0 Å². The van der Waals surface area contributed by atoms with Crippen molar-refractivity contribution in [2.45, 2.75) is 6.42 Å². The summed E-state index contributed by atoms with van der Waals surface area (Å²) in [6.45, 7) is 0. The van der Waals surface area contributed by atoms with E-state index in [-0.39, 0.29) is 9.80 Å². The maximum absolute atomic E-state index is 11.6. The zero-order valence-corrected chi connectivity index (χ0v) is 9.34. The summed E-state index contributed by atoms with van der Waals surface area (Å²) in [6, 6.07) is 4.59. The third-order valence-electron chi connectivity index (χ3n) is 1.74. The fourth-order valence-corrected chi connectivity index (χ4v) is 2.05. The van der Waals surface area contributed by atoms with Crippen molar-refractivity contribution >= 4 is 16.3 Å². The first-order chi connectivity index (χ1) is 8.51. The molecule has 1 aromatic rings. The lowest BCUT2D eigenvalue weighted by Gasteiger charge is -2.01. The highest BCUT2D eigenvalue weighted by atomic mass is 32.2. The van der Waals surface area contributed by atoms with E-state index >= 15 is 0 Å². The molecule has 0 atom stereocenters. The molecule has 0 radical (unpaired) electrons. The molecule has 18 heavy (non-hydrogen) atoms. The number of imidazole rings is 1. The molecule has 0 saturated heterocycles. The van der Waals surface area contributed by atoms with Gasteiger partial charge in [0.25, 0.3) is 6.08 Å².